The smallest absolute Gasteiger partial charge is 0.180 e. The van der Waals surface area contributed by atoms with Gasteiger partial charge in [0.25, 0.3) is 0 Å². The Bertz CT molecular complexity index is 577. The van der Waals surface area contributed by atoms with E-state index >= 15 is 0 Å². The first-order chi connectivity index (χ1) is 9.49. The summed E-state index contributed by atoms with van der Waals surface area (Å²) in [5.41, 5.74) is 9.30. The Morgan fingerprint density at radius 1 is 1.24 bits per heavy atom. The van der Waals surface area contributed by atoms with Crippen molar-refractivity contribution < 1.29 is 4.74 Å². The summed E-state index contributed by atoms with van der Waals surface area (Å²) in [6.07, 6.45) is 1.85. The third-order valence-electron chi connectivity index (χ3n) is 3.17. The minimum atomic E-state index is 0. The second-order valence-electron chi connectivity index (χ2n) is 5.10. The normalized spacial score (nSPS) is 10.5. The Morgan fingerprint density at radius 3 is 2.33 bits per heavy atom. The monoisotopic (exact) mass is 327 g/mol. The summed E-state index contributed by atoms with van der Waals surface area (Å²) in [5.74, 6) is 0.978. The lowest BCUT2D eigenvalue weighted by atomic mass is 10.1. The van der Waals surface area contributed by atoms with Gasteiger partial charge in [-0.05, 0) is 37.6 Å². The molecular formula is C15H22ClN3OS. The number of hydrogen-bond acceptors (Lipinski definition) is 5. The van der Waals surface area contributed by atoms with Crippen LogP contribution in [0, 0.1) is 13.8 Å². The van der Waals surface area contributed by atoms with Crippen molar-refractivity contribution in [3.63, 3.8) is 0 Å². The van der Waals surface area contributed by atoms with Crippen molar-refractivity contribution >= 4 is 28.9 Å². The van der Waals surface area contributed by atoms with Crippen molar-refractivity contribution in [2.75, 3.05) is 19.9 Å². The van der Waals surface area contributed by atoms with E-state index in [1.165, 1.54) is 21.6 Å². The molecule has 0 aliphatic rings. The van der Waals surface area contributed by atoms with Crippen molar-refractivity contribution in [2.45, 2.75) is 26.9 Å². The maximum absolute atomic E-state index is 5.65. The number of aryl methyl sites for hydroxylation is 2. The Morgan fingerprint density at radius 2 is 1.86 bits per heavy atom. The number of ether oxygens (including phenoxy) is 1. The van der Waals surface area contributed by atoms with E-state index in [-0.39, 0.29) is 12.4 Å². The van der Waals surface area contributed by atoms with Crippen LogP contribution >= 0.6 is 23.7 Å². The molecule has 2 rings (SSSR count). The molecule has 116 valence electrons. The highest BCUT2D eigenvalue weighted by Crippen LogP contribution is 2.25. The first kappa shape index (κ1) is 17.8. The van der Waals surface area contributed by atoms with Crippen molar-refractivity contribution in [3.8, 4) is 5.75 Å². The fraction of sp³-hybridized carbons (Fsp3) is 0.400. The van der Waals surface area contributed by atoms with Crippen molar-refractivity contribution in [2.24, 2.45) is 0 Å². The molecule has 0 aliphatic heterocycles. The summed E-state index contributed by atoms with van der Waals surface area (Å²) in [4.78, 5) is 7.53. The number of nitrogen functional groups attached to an aromatic ring is 1. The molecule has 1 aromatic carbocycles. The topological polar surface area (TPSA) is 51.4 Å². The maximum atomic E-state index is 5.65. The van der Waals surface area contributed by atoms with Gasteiger partial charge in [0, 0.05) is 24.2 Å². The van der Waals surface area contributed by atoms with Crippen molar-refractivity contribution in [3.05, 3.63) is 39.9 Å². The van der Waals surface area contributed by atoms with E-state index in [0.29, 0.717) is 5.13 Å². The van der Waals surface area contributed by atoms with E-state index in [4.69, 9.17) is 10.5 Å². The molecule has 0 fully saturated rings. The zero-order valence-electron chi connectivity index (χ0n) is 12.8. The zero-order chi connectivity index (χ0) is 14.7. The molecule has 1 aromatic heterocycles. The van der Waals surface area contributed by atoms with Crippen LogP contribution in [0.15, 0.2) is 18.3 Å². The predicted octanol–water partition coefficient (Wildman–Crippen LogP) is 3.40. The molecule has 0 bridgehead atoms. The number of nitrogens with zero attached hydrogens (tertiary/aromatic N) is 2. The highest BCUT2D eigenvalue weighted by Gasteiger charge is 2.08. The van der Waals surface area contributed by atoms with Crippen LogP contribution in [0.1, 0.15) is 21.6 Å². The van der Waals surface area contributed by atoms with Gasteiger partial charge in [-0.25, -0.2) is 4.98 Å². The summed E-state index contributed by atoms with van der Waals surface area (Å²) in [7, 11) is 3.82. The first-order valence-corrected chi connectivity index (χ1v) is 7.34. The second kappa shape index (κ2) is 7.64. The number of thiazole rings is 1. The average molecular weight is 328 g/mol. The number of anilines is 1. The number of methoxy groups -OCH3 is 1. The number of rotatable bonds is 5. The first-order valence-electron chi connectivity index (χ1n) is 6.52. The van der Waals surface area contributed by atoms with E-state index in [2.05, 4.69) is 42.9 Å². The van der Waals surface area contributed by atoms with Gasteiger partial charge in [-0.1, -0.05) is 12.1 Å². The van der Waals surface area contributed by atoms with Gasteiger partial charge in [-0.3, -0.25) is 4.90 Å². The minimum Gasteiger partial charge on any atom is -0.496 e. The fourth-order valence-electron chi connectivity index (χ4n) is 2.48. The molecule has 4 nitrogen and oxygen atoms in total. The lowest BCUT2D eigenvalue weighted by molar-refractivity contribution is 0.321. The fourth-order valence-corrected chi connectivity index (χ4v) is 3.25. The van der Waals surface area contributed by atoms with E-state index in [1.807, 2.05) is 6.20 Å². The Balaban J connectivity index is 0.00000220. The van der Waals surface area contributed by atoms with Gasteiger partial charge in [0.05, 0.1) is 7.11 Å². The van der Waals surface area contributed by atoms with Gasteiger partial charge >= 0.3 is 0 Å². The molecule has 0 unspecified atom stereocenters. The number of hydrogen-bond donors (Lipinski definition) is 1. The van der Waals surface area contributed by atoms with Crippen LogP contribution in [-0.2, 0) is 13.1 Å². The number of aromatic nitrogens is 1. The van der Waals surface area contributed by atoms with Crippen LogP contribution in [0.5, 0.6) is 5.75 Å². The van der Waals surface area contributed by atoms with Gasteiger partial charge in [-0.15, -0.1) is 23.7 Å². The standard InChI is InChI=1S/C15H21N3OS.ClH/c1-10-5-12(6-11(2)14(10)19-4)8-18(3)9-13-7-17-15(16)20-13;/h5-7H,8-9H2,1-4H3,(H2,16,17);1H. The van der Waals surface area contributed by atoms with Crippen LogP contribution in [0.3, 0.4) is 0 Å². The number of benzene rings is 1. The van der Waals surface area contributed by atoms with Gasteiger partial charge in [-0.2, -0.15) is 0 Å². The van der Waals surface area contributed by atoms with Gasteiger partial charge in [0.1, 0.15) is 5.75 Å². The second-order valence-corrected chi connectivity index (χ2v) is 6.25. The third kappa shape index (κ3) is 4.59. The highest BCUT2D eigenvalue weighted by atomic mass is 35.5. The molecule has 1 heterocycles. The Labute approximate surface area is 136 Å². The molecule has 0 radical (unpaired) electrons. The SMILES string of the molecule is COc1c(C)cc(CN(C)Cc2cnc(N)s2)cc1C.Cl. The predicted molar refractivity (Wildman–Crippen MR) is 91.4 cm³/mol. The maximum Gasteiger partial charge on any atom is 0.180 e. The molecule has 2 N–H and O–H groups in total. The molecule has 0 spiro atoms. The largest absolute Gasteiger partial charge is 0.496 e. The summed E-state index contributed by atoms with van der Waals surface area (Å²) in [6, 6.07) is 4.37. The number of nitrogens with two attached hydrogens (primary N) is 1. The van der Waals surface area contributed by atoms with Crippen LogP contribution in [0.25, 0.3) is 0 Å². The summed E-state index contributed by atoms with van der Waals surface area (Å²) in [6.45, 7) is 5.92. The molecule has 0 saturated heterocycles. The summed E-state index contributed by atoms with van der Waals surface area (Å²) >= 11 is 1.54. The van der Waals surface area contributed by atoms with E-state index < -0.39 is 0 Å². The lowest BCUT2D eigenvalue weighted by Crippen LogP contribution is -2.16. The molecule has 0 aliphatic carbocycles. The molecule has 0 amide bonds. The molecule has 6 heteroatoms. The minimum absolute atomic E-state index is 0. The Kier molecular flexibility index (Phi) is 6.45. The van der Waals surface area contributed by atoms with Gasteiger partial charge < -0.3 is 10.5 Å². The molecule has 2 aromatic rings. The Hall–Kier alpha value is -1.30. The summed E-state index contributed by atoms with van der Waals surface area (Å²) < 4.78 is 5.40. The zero-order valence-corrected chi connectivity index (χ0v) is 14.5. The van der Waals surface area contributed by atoms with E-state index in [1.54, 1.807) is 18.4 Å². The number of halogens is 1. The molecular weight excluding hydrogens is 306 g/mol. The average Bonchev–Trinajstić information content (AvgIpc) is 2.74. The van der Waals surface area contributed by atoms with Crippen LogP contribution in [0.4, 0.5) is 5.13 Å². The van der Waals surface area contributed by atoms with Gasteiger partial charge in [0.2, 0.25) is 0 Å². The molecule has 0 saturated carbocycles. The molecule has 0 atom stereocenters. The van der Waals surface area contributed by atoms with Crippen LogP contribution < -0.4 is 10.5 Å². The highest BCUT2D eigenvalue weighted by molar-refractivity contribution is 7.15. The van der Waals surface area contributed by atoms with Crippen molar-refractivity contribution in [1.82, 2.24) is 9.88 Å². The quantitative estimate of drug-likeness (QED) is 0.914. The third-order valence-corrected chi connectivity index (χ3v) is 3.99. The van der Waals surface area contributed by atoms with Gasteiger partial charge in [0.15, 0.2) is 5.13 Å². The van der Waals surface area contributed by atoms with Crippen molar-refractivity contribution in [1.29, 1.82) is 0 Å². The van der Waals surface area contributed by atoms with E-state index in [0.717, 1.165) is 18.8 Å². The summed E-state index contributed by atoms with van der Waals surface area (Å²) in [5, 5.41) is 0.629. The van der Waals surface area contributed by atoms with Crippen LogP contribution in [-0.4, -0.2) is 24.0 Å². The lowest BCUT2D eigenvalue weighted by Gasteiger charge is -2.17. The van der Waals surface area contributed by atoms with E-state index in [9.17, 15) is 0 Å². The van der Waals surface area contributed by atoms with Crippen LogP contribution in [0.2, 0.25) is 0 Å². The molecule has 21 heavy (non-hydrogen) atoms.